The monoisotopic (exact) mass is 361 g/mol. The molecular formula is C17H23N5O2S. The zero-order valence-corrected chi connectivity index (χ0v) is 15.6. The number of rotatable bonds is 5. The van der Waals surface area contributed by atoms with Crippen molar-refractivity contribution in [1.29, 1.82) is 0 Å². The third kappa shape index (κ3) is 4.12. The van der Waals surface area contributed by atoms with Crippen LogP contribution in [0.25, 0.3) is 5.69 Å². The number of benzene rings is 1. The van der Waals surface area contributed by atoms with Gasteiger partial charge in [-0.3, -0.25) is 4.79 Å². The van der Waals surface area contributed by atoms with Crippen LogP contribution in [0, 0.1) is 12.8 Å². The lowest BCUT2D eigenvalue weighted by Crippen LogP contribution is -2.40. The summed E-state index contributed by atoms with van der Waals surface area (Å²) in [6, 6.07) is 5.83. The van der Waals surface area contributed by atoms with E-state index in [1.165, 1.54) is 18.2 Å². The van der Waals surface area contributed by atoms with Gasteiger partial charge in [0.15, 0.2) is 0 Å². The predicted octanol–water partition coefficient (Wildman–Crippen LogP) is 2.33. The van der Waals surface area contributed by atoms with Gasteiger partial charge in [-0.2, -0.15) is 4.68 Å². The van der Waals surface area contributed by atoms with Crippen LogP contribution in [0.1, 0.15) is 25.3 Å². The Morgan fingerprint density at radius 2 is 2.28 bits per heavy atom. The SMILES string of the molecule is COc1ccc(C)cc1-n1nnnc1SCC(=O)N1CCC[C@@H](C)C1. The van der Waals surface area contributed by atoms with Crippen molar-refractivity contribution >= 4 is 17.7 Å². The highest BCUT2D eigenvalue weighted by atomic mass is 32.2. The number of nitrogens with zero attached hydrogens (tertiary/aromatic N) is 5. The molecule has 1 saturated heterocycles. The molecule has 25 heavy (non-hydrogen) atoms. The van der Waals surface area contributed by atoms with Gasteiger partial charge in [0.25, 0.3) is 0 Å². The molecule has 2 aromatic rings. The number of carbonyl (C=O) groups is 1. The van der Waals surface area contributed by atoms with Gasteiger partial charge in [-0.15, -0.1) is 5.10 Å². The third-order valence-corrected chi connectivity index (χ3v) is 5.24. The van der Waals surface area contributed by atoms with Crippen molar-refractivity contribution in [2.24, 2.45) is 5.92 Å². The summed E-state index contributed by atoms with van der Waals surface area (Å²) in [4.78, 5) is 14.4. The summed E-state index contributed by atoms with van der Waals surface area (Å²) in [5, 5.41) is 12.5. The van der Waals surface area contributed by atoms with Crippen LogP contribution in [0.2, 0.25) is 0 Å². The lowest BCUT2D eigenvalue weighted by atomic mass is 10.0. The second kappa shape index (κ2) is 7.86. The number of methoxy groups -OCH3 is 1. The largest absolute Gasteiger partial charge is 0.494 e. The minimum absolute atomic E-state index is 0.141. The maximum Gasteiger partial charge on any atom is 0.233 e. The molecule has 134 valence electrons. The highest BCUT2D eigenvalue weighted by molar-refractivity contribution is 7.99. The molecule has 0 unspecified atom stereocenters. The Kier molecular flexibility index (Phi) is 5.57. The van der Waals surface area contributed by atoms with Crippen molar-refractivity contribution in [3.63, 3.8) is 0 Å². The molecule has 1 fully saturated rings. The van der Waals surface area contributed by atoms with Crippen molar-refractivity contribution in [2.45, 2.75) is 31.8 Å². The number of ether oxygens (including phenoxy) is 1. The van der Waals surface area contributed by atoms with Crippen LogP contribution in [0.15, 0.2) is 23.4 Å². The summed E-state index contributed by atoms with van der Waals surface area (Å²) < 4.78 is 7.04. The fourth-order valence-electron chi connectivity index (χ4n) is 3.02. The number of likely N-dealkylation sites (tertiary alicyclic amines) is 1. The topological polar surface area (TPSA) is 73.1 Å². The first-order chi connectivity index (χ1) is 12.1. The maximum absolute atomic E-state index is 12.5. The van der Waals surface area contributed by atoms with Crippen LogP contribution in [0.3, 0.4) is 0 Å². The van der Waals surface area contributed by atoms with Gasteiger partial charge in [-0.25, -0.2) is 0 Å². The molecule has 8 heteroatoms. The molecule has 0 N–H and O–H groups in total. The highest BCUT2D eigenvalue weighted by Crippen LogP contribution is 2.27. The lowest BCUT2D eigenvalue weighted by molar-refractivity contribution is -0.130. The predicted molar refractivity (Wildman–Crippen MR) is 96.1 cm³/mol. The number of thioether (sulfide) groups is 1. The standard InChI is InChI=1S/C17H23N5O2S/c1-12-6-7-15(24-3)14(9-12)22-17(18-19-20-22)25-11-16(23)21-8-4-5-13(2)10-21/h6-7,9,13H,4-5,8,10-11H2,1-3H3/t13-/m1/s1. The minimum Gasteiger partial charge on any atom is -0.494 e. The molecule has 0 aliphatic carbocycles. The van der Waals surface area contributed by atoms with E-state index in [2.05, 4.69) is 22.4 Å². The number of carbonyl (C=O) groups excluding carboxylic acids is 1. The summed E-state index contributed by atoms with van der Waals surface area (Å²) in [5.41, 5.74) is 1.86. The molecule has 1 aromatic heterocycles. The molecule has 1 atom stereocenters. The molecule has 0 spiro atoms. The Morgan fingerprint density at radius 1 is 1.44 bits per heavy atom. The molecule has 1 aromatic carbocycles. The van der Waals surface area contributed by atoms with Gasteiger partial charge in [0.1, 0.15) is 11.4 Å². The third-order valence-electron chi connectivity index (χ3n) is 4.34. The van der Waals surface area contributed by atoms with Gasteiger partial charge < -0.3 is 9.64 Å². The number of aromatic nitrogens is 4. The Balaban J connectivity index is 1.72. The van der Waals surface area contributed by atoms with Crippen LogP contribution in [-0.4, -0.2) is 57.0 Å². The van der Waals surface area contributed by atoms with E-state index in [-0.39, 0.29) is 5.91 Å². The number of aryl methyl sites for hydroxylation is 1. The average molecular weight is 361 g/mol. The highest BCUT2D eigenvalue weighted by Gasteiger charge is 2.22. The summed E-state index contributed by atoms with van der Waals surface area (Å²) in [6.45, 7) is 5.88. The fraction of sp³-hybridized carbons (Fsp3) is 0.529. The van der Waals surface area contributed by atoms with Crippen LogP contribution >= 0.6 is 11.8 Å². The van der Waals surface area contributed by atoms with E-state index >= 15 is 0 Å². The molecule has 3 rings (SSSR count). The number of piperidine rings is 1. The Bertz CT molecular complexity index is 748. The first-order valence-electron chi connectivity index (χ1n) is 8.42. The van der Waals surface area contributed by atoms with Gasteiger partial charge in [0.05, 0.1) is 12.9 Å². The number of hydrogen-bond donors (Lipinski definition) is 0. The minimum atomic E-state index is 0.141. The van der Waals surface area contributed by atoms with Crippen LogP contribution in [0.4, 0.5) is 0 Å². The molecule has 7 nitrogen and oxygen atoms in total. The van der Waals surface area contributed by atoms with Crippen LogP contribution in [-0.2, 0) is 4.79 Å². The van der Waals surface area contributed by atoms with E-state index in [1.807, 2.05) is 30.0 Å². The van der Waals surface area contributed by atoms with E-state index in [0.29, 0.717) is 22.6 Å². The van der Waals surface area contributed by atoms with E-state index in [9.17, 15) is 4.79 Å². The summed E-state index contributed by atoms with van der Waals surface area (Å²) >= 11 is 1.36. The van der Waals surface area contributed by atoms with Crippen molar-refractivity contribution < 1.29 is 9.53 Å². The zero-order chi connectivity index (χ0) is 17.8. The number of amides is 1. The summed E-state index contributed by atoms with van der Waals surface area (Å²) in [5.74, 6) is 1.74. The van der Waals surface area contributed by atoms with E-state index in [4.69, 9.17) is 4.74 Å². The van der Waals surface area contributed by atoms with Crippen molar-refractivity contribution in [3.8, 4) is 11.4 Å². The lowest BCUT2D eigenvalue weighted by Gasteiger charge is -2.30. The van der Waals surface area contributed by atoms with E-state index in [0.717, 1.165) is 30.8 Å². The average Bonchev–Trinajstić information content (AvgIpc) is 3.08. The number of hydrogen-bond acceptors (Lipinski definition) is 6. The van der Waals surface area contributed by atoms with Gasteiger partial charge in [-0.1, -0.05) is 24.8 Å². The summed E-state index contributed by atoms with van der Waals surface area (Å²) in [6.07, 6.45) is 2.28. The maximum atomic E-state index is 12.5. The van der Waals surface area contributed by atoms with Crippen molar-refractivity contribution in [3.05, 3.63) is 23.8 Å². The van der Waals surface area contributed by atoms with E-state index in [1.54, 1.807) is 11.8 Å². The first-order valence-corrected chi connectivity index (χ1v) is 9.41. The van der Waals surface area contributed by atoms with Crippen LogP contribution in [0.5, 0.6) is 5.75 Å². The molecule has 0 bridgehead atoms. The Morgan fingerprint density at radius 3 is 3.04 bits per heavy atom. The summed E-state index contributed by atoms with van der Waals surface area (Å²) in [7, 11) is 1.62. The number of tetrazole rings is 1. The van der Waals surface area contributed by atoms with Crippen molar-refractivity contribution in [2.75, 3.05) is 26.0 Å². The quantitative estimate of drug-likeness (QED) is 0.761. The fourth-order valence-corrected chi connectivity index (χ4v) is 3.81. The Hall–Kier alpha value is -2.09. The second-order valence-electron chi connectivity index (χ2n) is 6.42. The van der Waals surface area contributed by atoms with Gasteiger partial charge in [0, 0.05) is 13.1 Å². The zero-order valence-electron chi connectivity index (χ0n) is 14.8. The molecular weight excluding hydrogens is 338 g/mol. The molecule has 1 amide bonds. The van der Waals surface area contributed by atoms with Crippen molar-refractivity contribution in [1.82, 2.24) is 25.1 Å². The molecule has 0 radical (unpaired) electrons. The van der Waals surface area contributed by atoms with Gasteiger partial charge in [-0.05, 0) is 53.8 Å². The molecule has 1 aliphatic rings. The molecule has 2 heterocycles. The second-order valence-corrected chi connectivity index (χ2v) is 7.37. The molecule has 1 aliphatic heterocycles. The molecule has 0 saturated carbocycles. The van der Waals surface area contributed by atoms with Gasteiger partial charge >= 0.3 is 0 Å². The Labute approximate surface area is 151 Å². The van der Waals surface area contributed by atoms with Crippen LogP contribution < -0.4 is 4.74 Å². The smallest absolute Gasteiger partial charge is 0.233 e. The van der Waals surface area contributed by atoms with E-state index < -0.39 is 0 Å². The van der Waals surface area contributed by atoms with Gasteiger partial charge in [0.2, 0.25) is 11.1 Å². The first kappa shape index (κ1) is 17.7. The normalized spacial score (nSPS) is 17.6.